The van der Waals surface area contributed by atoms with Crippen molar-refractivity contribution in [3.8, 4) is 11.4 Å². The van der Waals surface area contributed by atoms with Crippen LogP contribution in [0.15, 0.2) is 30.3 Å². The van der Waals surface area contributed by atoms with Crippen LogP contribution in [0.5, 0.6) is 0 Å². The average molecular weight is 273 g/mol. The summed E-state index contributed by atoms with van der Waals surface area (Å²) in [6.45, 7) is 3.29. The second-order valence-electron chi connectivity index (χ2n) is 4.50. The molecule has 0 atom stereocenters. The third-order valence-electron chi connectivity index (χ3n) is 2.77. The lowest BCUT2D eigenvalue weighted by Crippen LogP contribution is -2.25. The number of hydrogen-bond donors (Lipinski definition) is 1. The highest BCUT2D eigenvalue weighted by Gasteiger charge is 2.07. The molecule has 1 aromatic carbocycles. The van der Waals surface area contributed by atoms with Gasteiger partial charge in [-0.1, -0.05) is 12.1 Å². The molecule has 0 aliphatic rings. The van der Waals surface area contributed by atoms with E-state index in [1.165, 1.54) is 0 Å². The largest absolute Gasteiger partial charge is 0.349 e. The highest BCUT2D eigenvalue weighted by Crippen LogP contribution is 2.16. The zero-order chi connectivity index (χ0) is 14.5. The standard InChI is InChI=1S/C15H16FN3O/c1-10-9-11(2)19-14(18-10)12-3-5-13(6-4-12)15(20)17-8-7-16/h3-6,9H,7-8H2,1-2H3,(H,17,20). The van der Waals surface area contributed by atoms with E-state index in [-0.39, 0.29) is 12.5 Å². The molecule has 1 amide bonds. The number of aromatic nitrogens is 2. The zero-order valence-corrected chi connectivity index (χ0v) is 11.5. The molecule has 1 N–H and O–H groups in total. The molecule has 1 heterocycles. The van der Waals surface area contributed by atoms with E-state index < -0.39 is 6.67 Å². The Balaban J connectivity index is 2.21. The Kier molecular flexibility index (Phi) is 4.40. The minimum absolute atomic E-state index is 0.0285. The lowest BCUT2D eigenvalue weighted by Gasteiger charge is -2.05. The van der Waals surface area contributed by atoms with Crippen molar-refractivity contribution in [1.82, 2.24) is 15.3 Å². The van der Waals surface area contributed by atoms with Crippen molar-refractivity contribution in [3.05, 3.63) is 47.3 Å². The maximum Gasteiger partial charge on any atom is 0.251 e. The van der Waals surface area contributed by atoms with Gasteiger partial charge in [0.15, 0.2) is 5.82 Å². The number of halogens is 1. The number of carbonyl (C=O) groups is 1. The van der Waals surface area contributed by atoms with Crippen molar-refractivity contribution in [2.45, 2.75) is 13.8 Å². The number of alkyl halides is 1. The van der Waals surface area contributed by atoms with E-state index in [0.717, 1.165) is 17.0 Å². The minimum Gasteiger partial charge on any atom is -0.349 e. The molecule has 104 valence electrons. The van der Waals surface area contributed by atoms with Crippen LogP contribution in [0, 0.1) is 13.8 Å². The van der Waals surface area contributed by atoms with Gasteiger partial charge in [-0.25, -0.2) is 14.4 Å². The Hall–Kier alpha value is -2.30. The van der Waals surface area contributed by atoms with Gasteiger partial charge < -0.3 is 5.32 Å². The van der Waals surface area contributed by atoms with Gasteiger partial charge in [-0.2, -0.15) is 0 Å². The van der Waals surface area contributed by atoms with Crippen LogP contribution in [0.25, 0.3) is 11.4 Å². The second kappa shape index (κ2) is 6.23. The topological polar surface area (TPSA) is 54.9 Å². The predicted octanol–water partition coefficient (Wildman–Crippen LogP) is 2.46. The molecule has 0 aliphatic carbocycles. The monoisotopic (exact) mass is 273 g/mol. The summed E-state index contributed by atoms with van der Waals surface area (Å²) in [5.74, 6) is 0.355. The predicted molar refractivity (Wildman–Crippen MR) is 75.3 cm³/mol. The first-order valence-corrected chi connectivity index (χ1v) is 6.37. The number of nitrogens with zero attached hydrogens (tertiary/aromatic N) is 2. The molecule has 0 aliphatic heterocycles. The van der Waals surface area contributed by atoms with Gasteiger partial charge in [-0.3, -0.25) is 4.79 Å². The fraction of sp³-hybridized carbons (Fsp3) is 0.267. The Bertz CT molecular complexity index is 591. The van der Waals surface area contributed by atoms with Crippen molar-refractivity contribution in [1.29, 1.82) is 0 Å². The minimum atomic E-state index is -0.569. The fourth-order valence-corrected chi connectivity index (χ4v) is 1.89. The van der Waals surface area contributed by atoms with Crippen molar-refractivity contribution in [3.63, 3.8) is 0 Å². The summed E-state index contributed by atoms with van der Waals surface area (Å²) >= 11 is 0. The number of hydrogen-bond acceptors (Lipinski definition) is 3. The molecule has 4 nitrogen and oxygen atoms in total. The first kappa shape index (κ1) is 14.1. The van der Waals surface area contributed by atoms with E-state index in [0.29, 0.717) is 11.4 Å². The van der Waals surface area contributed by atoms with Crippen LogP contribution in [0.1, 0.15) is 21.7 Å². The molecular formula is C15H16FN3O. The van der Waals surface area contributed by atoms with Gasteiger partial charge >= 0.3 is 0 Å². The smallest absolute Gasteiger partial charge is 0.251 e. The Morgan fingerprint density at radius 3 is 2.30 bits per heavy atom. The Morgan fingerprint density at radius 1 is 1.15 bits per heavy atom. The quantitative estimate of drug-likeness (QED) is 0.931. The van der Waals surface area contributed by atoms with Gasteiger partial charge in [-0.15, -0.1) is 0 Å². The first-order valence-electron chi connectivity index (χ1n) is 6.37. The van der Waals surface area contributed by atoms with Crippen molar-refractivity contribution < 1.29 is 9.18 Å². The van der Waals surface area contributed by atoms with Crippen LogP contribution >= 0.6 is 0 Å². The van der Waals surface area contributed by atoms with E-state index in [1.807, 2.05) is 19.9 Å². The molecule has 0 saturated heterocycles. The van der Waals surface area contributed by atoms with E-state index in [2.05, 4.69) is 15.3 Å². The number of aryl methyl sites for hydroxylation is 2. The fourth-order valence-electron chi connectivity index (χ4n) is 1.89. The summed E-state index contributed by atoms with van der Waals surface area (Å²) in [6, 6.07) is 8.85. The van der Waals surface area contributed by atoms with E-state index in [9.17, 15) is 9.18 Å². The molecule has 0 fully saturated rings. The molecule has 0 spiro atoms. The first-order chi connectivity index (χ1) is 9.60. The lowest BCUT2D eigenvalue weighted by atomic mass is 10.1. The van der Waals surface area contributed by atoms with E-state index >= 15 is 0 Å². The van der Waals surface area contributed by atoms with Gasteiger partial charge in [0.25, 0.3) is 5.91 Å². The molecular weight excluding hydrogens is 257 g/mol. The number of benzene rings is 1. The molecule has 2 rings (SSSR count). The maximum atomic E-state index is 12.0. The molecule has 1 aromatic heterocycles. The lowest BCUT2D eigenvalue weighted by molar-refractivity contribution is 0.0951. The Labute approximate surface area is 117 Å². The van der Waals surface area contributed by atoms with Crippen LogP contribution in [-0.4, -0.2) is 29.1 Å². The average Bonchev–Trinajstić information content (AvgIpc) is 2.44. The number of amides is 1. The van der Waals surface area contributed by atoms with Crippen LogP contribution in [0.3, 0.4) is 0 Å². The van der Waals surface area contributed by atoms with E-state index in [4.69, 9.17) is 0 Å². The van der Waals surface area contributed by atoms with Crippen molar-refractivity contribution in [2.75, 3.05) is 13.2 Å². The normalized spacial score (nSPS) is 10.3. The molecule has 0 bridgehead atoms. The highest BCUT2D eigenvalue weighted by atomic mass is 19.1. The van der Waals surface area contributed by atoms with Crippen molar-refractivity contribution >= 4 is 5.91 Å². The summed E-state index contributed by atoms with van der Waals surface area (Å²) in [4.78, 5) is 20.4. The SMILES string of the molecule is Cc1cc(C)nc(-c2ccc(C(=O)NCCF)cc2)n1. The summed E-state index contributed by atoms with van der Waals surface area (Å²) in [7, 11) is 0. The van der Waals surface area contributed by atoms with E-state index in [1.54, 1.807) is 24.3 Å². The molecule has 5 heteroatoms. The summed E-state index contributed by atoms with van der Waals surface area (Å²) in [6.07, 6.45) is 0. The molecule has 0 saturated carbocycles. The van der Waals surface area contributed by atoms with Gasteiger partial charge in [0.05, 0.1) is 0 Å². The molecule has 0 unspecified atom stereocenters. The van der Waals surface area contributed by atoms with Crippen LogP contribution in [0.4, 0.5) is 4.39 Å². The van der Waals surface area contributed by atoms with Crippen LogP contribution < -0.4 is 5.32 Å². The third kappa shape index (κ3) is 3.38. The van der Waals surface area contributed by atoms with Gasteiger partial charge in [0, 0.05) is 29.1 Å². The Morgan fingerprint density at radius 2 is 1.75 bits per heavy atom. The van der Waals surface area contributed by atoms with Gasteiger partial charge in [0.2, 0.25) is 0 Å². The molecule has 2 aromatic rings. The third-order valence-corrected chi connectivity index (χ3v) is 2.77. The van der Waals surface area contributed by atoms with Gasteiger partial charge in [0.1, 0.15) is 6.67 Å². The molecule has 20 heavy (non-hydrogen) atoms. The maximum absolute atomic E-state index is 12.0. The van der Waals surface area contributed by atoms with Gasteiger partial charge in [-0.05, 0) is 32.0 Å². The highest BCUT2D eigenvalue weighted by molar-refractivity contribution is 5.94. The summed E-state index contributed by atoms with van der Waals surface area (Å²) in [5, 5.41) is 2.48. The zero-order valence-electron chi connectivity index (χ0n) is 11.5. The number of carbonyl (C=O) groups excluding carboxylic acids is 1. The second-order valence-corrected chi connectivity index (χ2v) is 4.50. The van der Waals surface area contributed by atoms with Crippen molar-refractivity contribution in [2.24, 2.45) is 0 Å². The molecule has 0 radical (unpaired) electrons. The van der Waals surface area contributed by atoms with Crippen LogP contribution in [0.2, 0.25) is 0 Å². The van der Waals surface area contributed by atoms with Crippen LogP contribution in [-0.2, 0) is 0 Å². The summed E-state index contributed by atoms with van der Waals surface area (Å²) < 4.78 is 12.0. The number of rotatable bonds is 4. The summed E-state index contributed by atoms with van der Waals surface area (Å²) in [5.41, 5.74) is 3.14. The number of nitrogens with one attached hydrogen (secondary N) is 1.